The fourth-order valence-electron chi connectivity index (χ4n) is 9.59. The van der Waals surface area contributed by atoms with Gasteiger partial charge in [-0.15, -0.1) is 0 Å². The second-order valence-electron chi connectivity index (χ2n) is 16.3. The number of aryl methyl sites for hydroxylation is 2. The van der Waals surface area contributed by atoms with Gasteiger partial charge in [-0.2, -0.15) is 0 Å². The lowest BCUT2D eigenvalue weighted by atomic mass is 9.55. The van der Waals surface area contributed by atoms with Crippen LogP contribution in [0.25, 0.3) is 39.1 Å². The molecule has 0 aliphatic heterocycles. The van der Waals surface area contributed by atoms with Gasteiger partial charge in [0.2, 0.25) is 0 Å². The Hall–Kier alpha value is -6.70. The third-order valence-corrected chi connectivity index (χ3v) is 12.5. The molecule has 2 N–H and O–H groups in total. The zero-order chi connectivity index (χ0) is 42.4. The lowest BCUT2D eigenvalue weighted by molar-refractivity contribution is 0.563. The minimum absolute atomic E-state index is 0.0907. The van der Waals surface area contributed by atoms with E-state index in [4.69, 9.17) is 5.73 Å². The number of allylic oxidation sites excluding steroid dienone is 11. The molecule has 60 heavy (non-hydrogen) atoms. The van der Waals surface area contributed by atoms with Crippen molar-refractivity contribution in [3.8, 4) is 22.3 Å². The van der Waals surface area contributed by atoms with E-state index in [9.17, 15) is 0 Å². The van der Waals surface area contributed by atoms with Crippen LogP contribution in [0.15, 0.2) is 207 Å². The van der Waals surface area contributed by atoms with E-state index in [1.165, 1.54) is 88.7 Å². The van der Waals surface area contributed by atoms with E-state index in [-0.39, 0.29) is 10.8 Å². The molecule has 0 atom stereocenters. The zero-order valence-corrected chi connectivity index (χ0v) is 35.9. The number of benzene rings is 6. The fourth-order valence-corrected chi connectivity index (χ4v) is 9.59. The van der Waals surface area contributed by atoms with Gasteiger partial charge in [-0.25, -0.2) is 0 Å². The summed E-state index contributed by atoms with van der Waals surface area (Å²) in [6.07, 6.45) is 23.1. The van der Waals surface area contributed by atoms with Crippen LogP contribution in [0, 0.1) is 13.8 Å². The standard InChI is InChI=1S/C42H34.C17H23N/c1-6-30-27(3)31-16-8-7-15-28(31)24-32(30)29-22-23-34-33(25-29)40-26(2)14-13-21-39(40)42(34)37-19-11-9-17-35(37)41(4,5)36-18-10-12-20-38(36)42;1-4-7-9-10-11-13-17(18)15-14-16(6-3)12-8-5-2/h6-25H,1H2,2-5H3;4-12,15H,1-2,13-14,18H2,3H3/b;9-7-,11-10-,12-8-,16-6+,17-15-. The predicted molar refractivity (Wildman–Crippen MR) is 261 cm³/mol. The van der Waals surface area contributed by atoms with E-state index in [1.807, 2.05) is 55.5 Å². The average molecular weight is 780 g/mol. The van der Waals surface area contributed by atoms with Crippen molar-refractivity contribution in [2.45, 2.75) is 58.3 Å². The summed E-state index contributed by atoms with van der Waals surface area (Å²) in [5, 5.41) is 2.55. The molecule has 0 unspecified atom stereocenters. The molecule has 0 bridgehead atoms. The SMILES string of the molecule is C=C/C=C\C=C/C/C(N)=C/CC(/C=C\C=C)=C/C.C=Cc1c(-c2ccc3c(c2)-c2c(C)cccc2C32c3ccccc3C(C)(C)c3ccccc32)cc2ccccc2c1C. The largest absolute Gasteiger partial charge is 0.402 e. The minimum atomic E-state index is -0.363. The van der Waals surface area contributed by atoms with E-state index in [0.29, 0.717) is 0 Å². The molecule has 298 valence electrons. The summed E-state index contributed by atoms with van der Waals surface area (Å²) in [5.74, 6) is 0. The van der Waals surface area contributed by atoms with Crippen LogP contribution in [0.4, 0.5) is 0 Å². The first-order valence-electron chi connectivity index (χ1n) is 21.1. The molecule has 0 radical (unpaired) electrons. The highest BCUT2D eigenvalue weighted by molar-refractivity contribution is 5.97. The van der Waals surface area contributed by atoms with Crippen LogP contribution in [-0.4, -0.2) is 0 Å². The van der Waals surface area contributed by atoms with E-state index >= 15 is 0 Å². The summed E-state index contributed by atoms with van der Waals surface area (Å²) in [6, 6.07) is 43.5. The molecule has 6 aromatic rings. The lowest BCUT2D eigenvalue weighted by Crippen LogP contribution is -2.40. The average Bonchev–Trinajstić information content (AvgIpc) is 3.57. The molecule has 0 aromatic heterocycles. The Morgan fingerprint density at radius 2 is 1.28 bits per heavy atom. The van der Waals surface area contributed by atoms with Gasteiger partial charge in [0.05, 0.1) is 5.41 Å². The van der Waals surface area contributed by atoms with Crippen molar-refractivity contribution in [1.82, 2.24) is 0 Å². The van der Waals surface area contributed by atoms with E-state index in [1.54, 1.807) is 12.2 Å². The van der Waals surface area contributed by atoms with Gasteiger partial charge in [0, 0.05) is 17.5 Å². The Morgan fingerprint density at radius 1 is 0.633 bits per heavy atom. The van der Waals surface area contributed by atoms with Gasteiger partial charge in [-0.3, -0.25) is 0 Å². The van der Waals surface area contributed by atoms with Crippen molar-refractivity contribution in [2.24, 2.45) is 5.73 Å². The Kier molecular flexibility index (Phi) is 12.2. The molecular formula is C59H57N. The third-order valence-electron chi connectivity index (χ3n) is 12.5. The van der Waals surface area contributed by atoms with E-state index in [0.717, 1.165) is 18.5 Å². The maximum absolute atomic E-state index is 5.91. The van der Waals surface area contributed by atoms with Gasteiger partial charge in [0.25, 0.3) is 0 Å². The molecule has 1 heteroatoms. The summed E-state index contributed by atoms with van der Waals surface area (Å²) in [6.45, 7) is 22.8. The van der Waals surface area contributed by atoms with Gasteiger partial charge in [0.1, 0.15) is 0 Å². The summed E-state index contributed by atoms with van der Waals surface area (Å²) < 4.78 is 0. The molecule has 0 fully saturated rings. The van der Waals surface area contributed by atoms with Crippen molar-refractivity contribution >= 4 is 16.8 Å². The molecule has 0 saturated carbocycles. The molecule has 0 saturated heterocycles. The number of rotatable bonds is 10. The Bertz CT molecular complexity index is 2720. The van der Waals surface area contributed by atoms with Crippen LogP contribution >= 0.6 is 0 Å². The maximum atomic E-state index is 5.91. The molecule has 2 aliphatic rings. The Labute approximate surface area is 358 Å². The summed E-state index contributed by atoms with van der Waals surface area (Å²) in [5.41, 5.74) is 25.0. The number of fused-ring (bicyclic) bond motifs is 10. The molecule has 6 aromatic carbocycles. The minimum Gasteiger partial charge on any atom is -0.402 e. The first-order valence-corrected chi connectivity index (χ1v) is 21.1. The van der Waals surface area contributed by atoms with E-state index in [2.05, 4.69) is 169 Å². The summed E-state index contributed by atoms with van der Waals surface area (Å²) in [4.78, 5) is 0. The molecule has 8 rings (SSSR count). The van der Waals surface area contributed by atoms with Gasteiger partial charge < -0.3 is 5.73 Å². The highest BCUT2D eigenvalue weighted by atomic mass is 14.6. The maximum Gasteiger partial charge on any atom is 0.0719 e. The van der Waals surface area contributed by atoms with Crippen molar-refractivity contribution in [3.05, 3.63) is 257 Å². The summed E-state index contributed by atoms with van der Waals surface area (Å²) >= 11 is 0. The number of hydrogen-bond acceptors (Lipinski definition) is 1. The molecule has 1 nitrogen and oxygen atoms in total. The molecule has 2 aliphatic carbocycles. The molecule has 0 heterocycles. The van der Waals surface area contributed by atoms with Gasteiger partial charge in [0.15, 0.2) is 0 Å². The van der Waals surface area contributed by atoms with Crippen LogP contribution in [0.1, 0.15) is 83.7 Å². The van der Waals surface area contributed by atoms with Gasteiger partial charge >= 0.3 is 0 Å². The molecular weight excluding hydrogens is 723 g/mol. The Balaban J connectivity index is 0.000000258. The van der Waals surface area contributed by atoms with Crippen molar-refractivity contribution in [1.29, 1.82) is 0 Å². The van der Waals surface area contributed by atoms with Gasteiger partial charge in [-0.05, 0) is 128 Å². The van der Waals surface area contributed by atoms with E-state index < -0.39 is 0 Å². The lowest BCUT2D eigenvalue weighted by Gasteiger charge is -2.46. The summed E-state index contributed by atoms with van der Waals surface area (Å²) in [7, 11) is 0. The number of nitrogens with two attached hydrogens (primary N) is 1. The molecule has 0 amide bonds. The quantitative estimate of drug-likeness (QED) is 0.138. The normalized spacial score (nSPS) is 14.8. The van der Waals surface area contributed by atoms with Crippen molar-refractivity contribution in [2.75, 3.05) is 0 Å². The van der Waals surface area contributed by atoms with Crippen molar-refractivity contribution < 1.29 is 0 Å². The first kappa shape index (κ1) is 41.5. The van der Waals surface area contributed by atoms with Crippen LogP contribution in [0.3, 0.4) is 0 Å². The van der Waals surface area contributed by atoms with Crippen LogP contribution in [-0.2, 0) is 10.8 Å². The monoisotopic (exact) mass is 779 g/mol. The second kappa shape index (κ2) is 17.7. The molecule has 1 spiro atoms. The highest BCUT2D eigenvalue weighted by Gasteiger charge is 2.53. The smallest absolute Gasteiger partial charge is 0.0719 e. The second-order valence-corrected chi connectivity index (χ2v) is 16.3. The topological polar surface area (TPSA) is 26.0 Å². The van der Waals surface area contributed by atoms with Crippen LogP contribution in [0.2, 0.25) is 0 Å². The van der Waals surface area contributed by atoms with Crippen molar-refractivity contribution in [3.63, 3.8) is 0 Å². The predicted octanol–water partition coefficient (Wildman–Crippen LogP) is 15.4. The fraction of sp³-hybridized carbons (Fsp3) is 0.153. The highest BCUT2D eigenvalue weighted by Crippen LogP contribution is 2.63. The Morgan fingerprint density at radius 3 is 1.95 bits per heavy atom. The number of hydrogen-bond donors (Lipinski definition) is 1. The zero-order valence-electron chi connectivity index (χ0n) is 35.9. The van der Waals surface area contributed by atoms with Gasteiger partial charge in [-0.1, -0.05) is 204 Å². The van der Waals surface area contributed by atoms with Crippen LogP contribution < -0.4 is 5.73 Å². The third kappa shape index (κ3) is 7.30. The first-order chi connectivity index (χ1) is 29.1. The van der Waals surface area contributed by atoms with Crippen LogP contribution in [0.5, 0.6) is 0 Å².